The summed E-state index contributed by atoms with van der Waals surface area (Å²) >= 11 is 5.74. The molecule has 1 aliphatic rings. The van der Waals surface area contributed by atoms with Gasteiger partial charge in [0.15, 0.2) is 0 Å². The number of halogens is 1. The van der Waals surface area contributed by atoms with E-state index in [2.05, 4.69) is 10.6 Å². The third-order valence-corrected chi connectivity index (χ3v) is 2.72. The molecule has 1 aromatic rings. The van der Waals surface area contributed by atoms with E-state index >= 15 is 0 Å². The van der Waals surface area contributed by atoms with Crippen molar-refractivity contribution in [2.75, 3.05) is 18.4 Å². The molecule has 0 radical (unpaired) electrons. The van der Waals surface area contributed by atoms with Crippen LogP contribution < -0.4 is 10.6 Å². The van der Waals surface area contributed by atoms with Crippen LogP contribution in [-0.2, 0) is 4.79 Å². The van der Waals surface area contributed by atoms with E-state index < -0.39 is 0 Å². The predicted molar refractivity (Wildman–Crippen MR) is 61.1 cm³/mol. The highest BCUT2D eigenvalue weighted by Crippen LogP contribution is 2.15. The molecular formula is C11H13ClN2O. The van der Waals surface area contributed by atoms with Gasteiger partial charge in [-0.3, -0.25) is 4.79 Å². The topological polar surface area (TPSA) is 41.1 Å². The van der Waals surface area contributed by atoms with Gasteiger partial charge in [-0.2, -0.15) is 0 Å². The van der Waals surface area contributed by atoms with Crippen molar-refractivity contribution < 1.29 is 4.79 Å². The van der Waals surface area contributed by atoms with E-state index in [1.54, 1.807) is 24.3 Å². The monoisotopic (exact) mass is 224 g/mol. The Kier molecular flexibility index (Phi) is 3.23. The van der Waals surface area contributed by atoms with Crippen LogP contribution in [0.2, 0.25) is 5.02 Å². The van der Waals surface area contributed by atoms with Gasteiger partial charge in [0, 0.05) is 17.1 Å². The van der Waals surface area contributed by atoms with Crippen molar-refractivity contribution in [1.82, 2.24) is 5.32 Å². The smallest absolute Gasteiger partial charge is 0.224 e. The fourth-order valence-electron chi connectivity index (χ4n) is 1.50. The van der Waals surface area contributed by atoms with Crippen molar-refractivity contribution in [3.05, 3.63) is 29.3 Å². The highest BCUT2D eigenvalue weighted by Gasteiger charge is 2.19. The average Bonchev–Trinajstić information content (AvgIpc) is 2.16. The molecule has 1 heterocycles. The Hall–Kier alpha value is -1.06. The van der Waals surface area contributed by atoms with Crippen LogP contribution in [0.1, 0.15) is 6.42 Å². The molecule has 0 bridgehead atoms. The molecule has 0 unspecified atom stereocenters. The van der Waals surface area contributed by atoms with Gasteiger partial charge in [-0.1, -0.05) is 11.6 Å². The van der Waals surface area contributed by atoms with Gasteiger partial charge in [-0.25, -0.2) is 0 Å². The zero-order valence-corrected chi connectivity index (χ0v) is 9.05. The van der Waals surface area contributed by atoms with E-state index in [-0.39, 0.29) is 5.91 Å². The maximum absolute atomic E-state index is 11.5. The van der Waals surface area contributed by atoms with Crippen LogP contribution in [0.3, 0.4) is 0 Å². The van der Waals surface area contributed by atoms with E-state index in [4.69, 9.17) is 11.6 Å². The van der Waals surface area contributed by atoms with Gasteiger partial charge in [0.05, 0.1) is 0 Å². The Bertz CT molecular complexity index is 346. The zero-order valence-electron chi connectivity index (χ0n) is 8.29. The van der Waals surface area contributed by atoms with Crippen LogP contribution in [0, 0.1) is 5.92 Å². The zero-order chi connectivity index (χ0) is 10.7. The number of carbonyl (C=O) groups is 1. The molecule has 0 spiro atoms. The normalized spacial score (nSPS) is 15.8. The van der Waals surface area contributed by atoms with Crippen LogP contribution in [0.4, 0.5) is 5.69 Å². The SMILES string of the molecule is O=C(CC1CNC1)Nc1ccc(Cl)cc1. The van der Waals surface area contributed by atoms with Crippen molar-refractivity contribution in [2.24, 2.45) is 5.92 Å². The molecule has 1 amide bonds. The first-order valence-corrected chi connectivity index (χ1v) is 5.38. The highest BCUT2D eigenvalue weighted by molar-refractivity contribution is 6.30. The summed E-state index contributed by atoms with van der Waals surface area (Å²) in [5.74, 6) is 0.570. The summed E-state index contributed by atoms with van der Waals surface area (Å²) < 4.78 is 0. The molecule has 2 N–H and O–H groups in total. The summed E-state index contributed by atoms with van der Waals surface area (Å²) in [6, 6.07) is 7.14. The molecule has 1 aliphatic heterocycles. The Morgan fingerprint density at radius 3 is 2.60 bits per heavy atom. The molecule has 2 rings (SSSR count). The Morgan fingerprint density at radius 2 is 2.07 bits per heavy atom. The van der Waals surface area contributed by atoms with Crippen LogP contribution >= 0.6 is 11.6 Å². The Balaban J connectivity index is 1.84. The molecule has 3 nitrogen and oxygen atoms in total. The summed E-state index contributed by atoms with van der Waals surface area (Å²) in [6.07, 6.45) is 0.593. The fraction of sp³-hybridized carbons (Fsp3) is 0.364. The molecule has 1 saturated heterocycles. The third-order valence-electron chi connectivity index (χ3n) is 2.47. The van der Waals surface area contributed by atoms with Gasteiger partial charge in [0.2, 0.25) is 5.91 Å². The number of rotatable bonds is 3. The first kappa shape index (κ1) is 10.5. The van der Waals surface area contributed by atoms with Gasteiger partial charge in [0.1, 0.15) is 0 Å². The quantitative estimate of drug-likeness (QED) is 0.823. The van der Waals surface area contributed by atoms with E-state index in [0.29, 0.717) is 17.4 Å². The lowest BCUT2D eigenvalue weighted by atomic mass is 9.99. The number of carbonyl (C=O) groups excluding carboxylic acids is 1. The summed E-state index contributed by atoms with van der Waals surface area (Å²) in [5, 5.41) is 6.66. The van der Waals surface area contributed by atoms with Crippen molar-refractivity contribution in [3.8, 4) is 0 Å². The molecule has 0 aromatic heterocycles. The maximum atomic E-state index is 11.5. The van der Waals surface area contributed by atoms with Gasteiger partial charge in [-0.05, 0) is 43.3 Å². The summed E-state index contributed by atoms with van der Waals surface area (Å²) in [6.45, 7) is 1.90. The number of amides is 1. The largest absolute Gasteiger partial charge is 0.326 e. The van der Waals surface area contributed by atoms with E-state index in [0.717, 1.165) is 18.8 Å². The van der Waals surface area contributed by atoms with Crippen LogP contribution in [0.15, 0.2) is 24.3 Å². The summed E-state index contributed by atoms with van der Waals surface area (Å²) in [5.41, 5.74) is 0.802. The van der Waals surface area contributed by atoms with Gasteiger partial charge < -0.3 is 10.6 Å². The van der Waals surface area contributed by atoms with Crippen molar-refractivity contribution >= 4 is 23.2 Å². The lowest BCUT2D eigenvalue weighted by Crippen LogP contribution is -2.43. The molecule has 0 atom stereocenters. The molecule has 0 saturated carbocycles. The first-order chi connectivity index (χ1) is 7.24. The van der Waals surface area contributed by atoms with Crippen molar-refractivity contribution in [2.45, 2.75) is 6.42 Å². The summed E-state index contributed by atoms with van der Waals surface area (Å²) in [4.78, 5) is 11.5. The van der Waals surface area contributed by atoms with Gasteiger partial charge in [0.25, 0.3) is 0 Å². The minimum Gasteiger partial charge on any atom is -0.326 e. The maximum Gasteiger partial charge on any atom is 0.224 e. The van der Waals surface area contributed by atoms with Gasteiger partial charge in [-0.15, -0.1) is 0 Å². The number of hydrogen-bond acceptors (Lipinski definition) is 2. The molecule has 4 heteroatoms. The number of benzene rings is 1. The first-order valence-electron chi connectivity index (χ1n) is 5.00. The van der Waals surface area contributed by atoms with E-state index in [1.807, 2.05) is 0 Å². The Labute approximate surface area is 93.8 Å². The molecule has 80 valence electrons. The molecule has 15 heavy (non-hydrogen) atoms. The second kappa shape index (κ2) is 4.64. The predicted octanol–water partition coefficient (Wildman–Crippen LogP) is 1.89. The van der Waals surface area contributed by atoms with Crippen molar-refractivity contribution in [3.63, 3.8) is 0 Å². The minimum atomic E-state index is 0.0730. The fourth-order valence-corrected chi connectivity index (χ4v) is 1.63. The van der Waals surface area contributed by atoms with Crippen molar-refractivity contribution in [1.29, 1.82) is 0 Å². The molecular weight excluding hydrogens is 212 g/mol. The number of nitrogens with one attached hydrogen (secondary N) is 2. The lowest BCUT2D eigenvalue weighted by molar-refractivity contribution is -0.117. The second-order valence-electron chi connectivity index (χ2n) is 3.78. The summed E-state index contributed by atoms with van der Waals surface area (Å²) in [7, 11) is 0. The minimum absolute atomic E-state index is 0.0730. The Morgan fingerprint density at radius 1 is 1.40 bits per heavy atom. The molecule has 1 fully saturated rings. The van der Waals surface area contributed by atoms with Crippen LogP contribution in [0.25, 0.3) is 0 Å². The van der Waals surface area contributed by atoms with Crippen LogP contribution in [0.5, 0.6) is 0 Å². The average molecular weight is 225 g/mol. The second-order valence-corrected chi connectivity index (χ2v) is 4.22. The third kappa shape index (κ3) is 2.94. The lowest BCUT2D eigenvalue weighted by Gasteiger charge is -2.26. The van der Waals surface area contributed by atoms with Crippen LogP contribution in [-0.4, -0.2) is 19.0 Å². The molecule has 0 aliphatic carbocycles. The highest BCUT2D eigenvalue weighted by atomic mass is 35.5. The van der Waals surface area contributed by atoms with Gasteiger partial charge >= 0.3 is 0 Å². The van der Waals surface area contributed by atoms with E-state index in [9.17, 15) is 4.79 Å². The molecule has 1 aromatic carbocycles. The van der Waals surface area contributed by atoms with E-state index in [1.165, 1.54) is 0 Å². The number of anilines is 1. The number of hydrogen-bond donors (Lipinski definition) is 2. The standard InChI is InChI=1S/C11H13ClN2O/c12-9-1-3-10(4-2-9)14-11(15)5-8-6-13-7-8/h1-4,8,13H,5-7H2,(H,14,15).